The van der Waals surface area contributed by atoms with Crippen molar-refractivity contribution in [2.45, 2.75) is 51.3 Å². The van der Waals surface area contributed by atoms with Crippen LogP contribution in [0, 0.1) is 53.7 Å². The summed E-state index contributed by atoms with van der Waals surface area (Å²) in [6, 6.07) is 31.2. The molecule has 76 heavy (non-hydrogen) atoms. The first-order valence-corrected chi connectivity index (χ1v) is 24.6. The van der Waals surface area contributed by atoms with Crippen LogP contribution in [-0.2, 0) is 20.2 Å². The van der Waals surface area contributed by atoms with Gasteiger partial charge in [0, 0.05) is 33.5 Å². The molecule has 368 valence electrons. The van der Waals surface area contributed by atoms with Gasteiger partial charge in [0.05, 0.1) is 34.0 Å². The van der Waals surface area contributed by atoms with Crippen LogP contribution in [0.5, 0.6) is 0 Å². The quantitative estimate of drug-likeness (QED) is 0.0134. The Morgan fingerprint density at radius 3 is 1.91 bits per heavy atom. The minimum Gasteiger partial charge on any atom is -0.744 e. The zero-order chi connectivity index (χ0) is 52.0. The topological polar surface area (TPSA) is 293 Å². The van der Waals surface area contributed by atoms with Crippen LogP contribution in [0.2, 0.25) is 0 Å². The summed E-state index contributed by atoms with van der Waals surface area (Å²) in [4.78, 5) is 40.0. The van der Waals surface area contributed by atoms with Crippen LogP contribution < -0.4 is 166 Å². The van der Waals surface area contributed by atoms with Gasteiger partial charge in [0.25, 0.3) is 0 Å². The third-order valence-electron chi connectivity index (χ3n) is 11.9. The van der Waals surface area contributed by atoms with Crippen LogP contribution in [0.3, 0.4) is 0 Å². The van der Waals surface area contributed by atoms with Crippen molar-refractivity contribution in [3.05, 3.63) is 166 Å². The van der Waals surface area contributed by atoms with Crippen LogP contribution in [0.1, 0.15) is 43.7 Å². The van der Waals surface area contributed by atoms with E-state index in [1.165, 1.54) is 54.6 Å². The second-order valence-electron chi connectivity index (χ2n) is 16.8. The predicted molar refractivity (Wildman–Crippen MR) is 266 cm³/mol. The van der Waals surface area contributed by atoms with Crippen LogP contribution in [0.15, 0.2) is 123 Å². The third-order valence-corrected chi connectivity index (χ3v) is 13.7. The number of carbonyl (C=O) groups excluding carboxylic acids is 3. The average molecular weight is 1100 g/mol. The largest absolute Gasteiger partial charge is 1.00 e. The number of para-hydroxylation sites is 2. The van der Waals surface area contributed by atoms with E-state index in [9.17, 15) is 45.4 Å². The number of carbonyl (C=O) groups is 3. The smallest absolute Gasteiger partial charge is 0.744 e. The summed E-state index contributed by atoms with van der Waals surface area (Å²) in [5.74, 6) is 4.58. The fraction of sp³-hybridized carbons (Fsp3) is 0.115. The number of aromatic carboxylic acids is 1. The molecule has 18 nitrogen and oxygen atoms in total. The summed E-state index contributed by atoms with van der Waals surface area (Å²) in [6.07, 6.45) is 0. The van der Waals surface area contributed by atoms with Gasteiger partial charge in [-0.05, 0) is 93.6 Å². The third kappa shape index (κ3) is 13.7. The van der Waals surface area contributed by atoms with E-state index < -0.39 is 48.1 Å². The molecule has 1 aliphatic carbocycles. The van der Waals surface area contributed by atoms with Crippen molar-refractivity contribution in [3.63, 3.8) is 0 Å². The summed E-state index contributed by atoms with van der Waals surface area (Å²) >= 11 is 0. The molecule has 8 rings (SSSR count). The summed E-state index contributed by atoms with van der Waals surface area (Å²) in [5.41, 5.74) is 5.67. The number of nitrogens with zero attached hydrogens (tertiary/aromatic N) is 1. The van der Waals surface area contributed by atoms with E-state index >= 15 is 0 Å². The van der Waals surface area contributed by atoms with Gasteiger partial charge in [-0.3, -0.25) is 5.01 Å². The summed E-state index contributed by atoms with van der Waals surface area (Å²) in [7, 11) is -10.5. The second-order valence-corrected chi connectivity index (χ2v) is 19.5. The molecule has 0 radical (unpaired) electrons. The number of hydrogen-bond donors (Lipinski definition) is 6. The maximum absolute atomic E-state index is 13.3. The number of nitrogens with one attached hydrogen (secondary N) is 5. The molecule has 0 spiro atoms. The summed E-state index contributed by atoms with van der Waals surface area (Å²) in [6.45, 7) is 10.5. The number of urea groups is 2. The van der Waals surface area contributed by atoms with Crippen molar-refractivity contribution in [2.24, 2.45) is 5.84 Å². The minimum atomic E-state index is -5.35. The number of hydrogen-bond acceptors (Lipinski definition) is 13. The molecule has 0 unspecified atom stereocenters. The Balaban J connectivity index is 0.00000312. The van der Waals surface area contributed by atoms with Crippen LogP contribution in [0.4, 0.5) is 49.4 Å². The minimum absolute atomic E-state index is 0. The summed E-state index contributed by atoms with van der Waals surface area (Å²) in [5, 5.41) is 24.0. The van der Waals surface area contributed by atoms with Crippen LogP contribution in [-0.4, -0.2) is 44.0 Å². The van der Waals surface area contributed by atoms with Crippen molar-refractivity contribution < 1.29 is 173 Å². The van der Waals surface area contributed by atoms with E-state index in [1.54, 1.807) is 64.1 Å². The SMILES string of the molecule is Cc1cc(C)c(Nc2[c-]cc3c(-c4ccccc4S(=O)(=O)[O-])c4cc(S(=O)(=O)[O-])c(=[NH+]c5c(C)cc(C)c(NC(=O)Nc6ccccc6C(=O)[O-])c5C)cc-4oc3c2)c(C)c1NC(=O)N(N)c1[c-]cccc1.[Na+].[Na+].[Na+].[Na+]. The Morgan fingerprint density at radius 1 is 0.658 bits per heavy atom. The first-order chi connectivity index (χ1) is 34.0. The molecule has 24 heteroatoms. The number of aryl methyl sites for hydroxylation is 4. The molecule has 0 saturated heterocycles. The number of hydrazine groups is 1. The molecule has 0 fully saturated rings. The Hall–Kier alpha value is -4.40. The maximum Gasteiger partial charge on any atom is 1.00 e. The van der Waals surface area contributed by atoms with Crippen molar-refractivity contribution in [2.75, 3.05) is 26.3 Å². The van der Waals surface area contributed by atoms with Crippen molar-refractivity contribution in [1.29, 1.82) is 0 Å². The molecular formula is C52H43N7Na4O11S2. The number of fused-ring (bicyclic) bond motifs is 2. The van der Waals surface area contributed by atoms with Gasteiger partial charge in [0.1, 0.15) is 30.9 Å². The summed E-state index contributed by atoms with van der Waals surface area (Å²) < 4.78 is 84.7. The van der Waals surface area contributed by atoms with Gasteiger partial charge in [-0.2, -0.15) is 36.4 Å². The standard InChI is InChI=1S/C52H45N7O11S2.4Na/c1-27-22-30(4)49(58-52(63)59(53)34-14-8-7-9-15-34)31(5)46(27)54-33-20-21-36-41(24-33)70-42-26-40(44(72(67,68)69)25-38(42)45(36)37-17-11-13-19-43(37)71(64,65)66)55-47-28(2)23-29(3)48(32(47)6)57-51(62)56-39-18-12-10-16-35(39)50(60)61;;;;/h7-14,16-19,21-26,54H,53H2,1-6H3,(H,58,63)(H,60,61)(H2,56,57,62)(H,64,65,66)(H,67,68,69);;;;/q-2;4*+1/p-2. The molecular weight excluding hydrogens is 1050 g/mol. The number of rotatable bonds is 11. The van der Waals surface area contributed by atoms with E-state index in [2.05, 4.69) is 38.4 Å². The van der Waals surface area contributed by atoms with Gasteiger partial charge in [-0.15, -0.1) is 12.1 Å². The predicted octanol–water partition coefficient (Wildman–Crippen LogP) is -5.54. The normalized spacial score (nSPS) is 11.3. The molecule has 0 aromatic heterocycles. The number of amides is 4. The van der Waals surface area contributed by atoms with Crippen molar-refractivity contribution in [1.82, 2.24) is 0 Å². The molecule has 0 bridgehead atoms. The van der Waals surface area contributed by atoms with E-state index in [0.29, 0.717) is 45.0 Å². The number of carboxylic acid groups (broad SMARTS) is 1. The van der Waals surface area contributed by atoms with Gasteiger partial charge in [0.15, 0.2) is 0 Å². The van der Waals surface area contributed by atoms with Crippen LogP contribution in [0.25, 0.3) is 33.4 Å². The van der Waals surface area contributed by atoms with Gasteiger partial charge in [-0.25, -0.2) is 37.3 Å². The second kappa shape index (κ2) is 26.0. The van der Waals surface area contributed by atoms with Gasteiger partial charge >= 0.3 is 130 Å². The number of anilines is 6. The van der Waals surface area contributed by atoms with E-state index in [4.69, 9.17) is 10.3 Å². The fourth-order valence-electron chi connectivity index (χ4n) is 8.67. The number of carboxylic acids is 1. The Kier molecular flexibility index (Phi) is 22.0. The van der Waals surface area contributed by atoms with Crippen molar-refractivity contribution >= 4 is 89.0 Å². The Labute approximate surface area is 527 Å². The molecule has 1 aliphatic heterocycles. The van der Waals surface area contributed by atoms with E-state index in [-0.39, 0.29) is 180 Å². The van der Waals surface area contributed by atoms with Gasteiger partial charge in [0.2, 0.25) is 11.0 Å². The monoisotopic (exact) mass is 1100 g/mol. The van der Waals surface area contributed by atoms with Crippen LogP contribution >= 0.6 is 0 Å². The number of nitrogens with two attached hydrogens (primary N) is 1. The van der Waals surface area contributed by atoms with E-state index in [0.717, 1.165) is 28.3 Å². The first-order valence-electron chi connectivity index (χ1n) is 21.8. The zero-order valence-electron chi connectivity index (χ0n) is 43.2. The number of benzene rings is 7. The molecule has 0 saturated carbocycles. The molecule has 2 aliphatic rings. The molecule has 7 N–H and O–H groups in total. The Morgan fingerprint density at radius 2 is 1.26 bits per heavy atom. The molecule has 1 heterocycles. The maximum atomic E-state index is 13.3. The molecule has 6 aromatic rings. The Bertz CT molecular complexity index is 3850. The van der Waals surface area contributed by atoms with Crippen molar-refractivity contribution in [3.8, 4) is 22.5 Å². The first kappa shape index (κ1) is 64.1. The molecule has 0 atom stereocenters. The molecule has 4 amide bonds. The van der Waals surface area contributed by atoms with Gasteiger partial charge < -0.3 is 44.7 Å². The van der Waals surface area contributed by atoms with Gasteiger partial charge in [-0.1, -0.05) is 64.8 Å². The fourth-order valence-corrected chi connectivity index (χ4v) is 10.00. The average Bonchev–Trinajstić information content (AvgIpc) is 3.32. The van der Waals surface area contributed by atoms with E-state index in [1.807, 2.05) is 19.9 Å². The molecule has 6 aromatic carbocycles. The zero-order valence-corrected chi connectivity index (χ0v) is 52.9.